The number of rotatable bonds is 8. The van der Waals surface area contributed by atoms with E-state index in [0.29, 0.717) is 37.3 Å². The molecular formula is C21H35N3O4S. The molecule has 1 aromatic carbocycles. The number of carbonyl (C=O) groups is 1. The summed E-state index contributed by atoms with van der Waals surface area (Å²) < 4.78 is 32.9. The zero-order chi connectivity index (χ0) is 21.8. The van der Waals surface area contributed by atoms with E-state index >= 15 is 0 Å². The van der Waals surface area contributed by atoms with Gasteiger partial charge in [0.2, 0.25) is 10.0 Å². The van der Waals surface area contributed by atoms with Crippen LogP contribution in [0.2, 0.25) is 0 Å². The molecule has 1 fully saturated rings. The molecule has 7 nitrogen and oxygen atoms in total. The van der Waals surface area contributed by atoms with Gasteiger partial charge >= 0.3 is 0 Å². The second kappa shape index (κ2) is 10.0. The minimum Gasteiger partial charge on any atom is -0.373 e. The van der Waals surface area contributed by atoms with Crippen LogP contribution in [-0.4, -0.2) is 74.0 Å². The minimum absolute atomic E-state index is 0.144. The molecule has 1 aliphatic heterocycles. The fraction of sp³-hybridized carbons (Fsp3) is 0.667. The molecule has 2 rings (SSSR count). The first kappa shape index (κ1) is 23.8. The van der Waals surface area contributed by atoms with Gasteiger partial charge in [-0.2, -0.15) is 4.31 Å². The fourth-order valence-electron chi connectivity index (χ4n) is 3.77. The second-order valence-corrected chi connectivity index (χ2v) is 10.2. The van der Waals surface area contributed by atoms with Gasteiger partial charge in [-0.25, -0.2) is 8.42 Å². The number of carbonyl (C=O) groups excluding carboxylic acids is 1. The lowest BCUT2D eigenvalue weighted by Gasteiger charge is -2.34. The molecule has 29 heavy (non-hydrogen) atoms. The maximum atomic E-state index is 12.9. The van der Waals surface area contributed by atoms with Crippen molar-refractivity contribution in [1.82, 2.24) is 14.5 Å². The van der Waals surface area contributed by atoms with Gasteiger partial charge in [0.25, 0.3) is 5.91 Å². The normalized spacial score (nSPS) is 21.1. The lowest BCUT2D eigenvalue weighted by molar-refractivity contribution is -0.0440. The Labute approximate surface area is 175 Å². The molecule has 0 aromatic heterocycles. The van der Waals surface area contributed by atoms with Crippen LogP contribution in [-0.2, 0) is 14.8 Å². The summed E-state index contributed by atoms with van der Waals surface area (Å²) in [6.45, 7) is 14.2. The Bertz CT molecular complexity index is 760. The number of morpholine rings is 1. The van der Waals surface area contributed by atoms with E-state index in [-0.39, 0.29) is 23.0 Å². The number of nitrogens with one attached hydrogen (secondary N) is 1. The van der Waals surface area contributed by atoms with Crippen LogP contribution in [0, 0.1) is 0 Å². The molecule has 0 bridgehead atoms. The Balaban J connectivity index is 1.99. The molecule has 0 unspecified atom stereocenters. The van der Waals surface area contributed by atoms with E-state index in [4.69, 9.17) is 4.74 Å². The molecule has 0 aliphatic carbocycles. The molecule has 8 heteroatoms. The quantitative estimate of drug-likeness (QED) is 0.692. The smallest absolute Gasteiger partial charge is 0.251 e. The van der Waals surface area contributed by atoms with Gasteiger partial charge in [0, 0.05) is 43.8 Å². The highest BCUT2D eigenvalue weighted by Gasteiger charge is 2.32. The molecule has 1 amide bonds. The molecule has 2 atom stereocenters. The van der Waals surface area contributed by atoms with Crippen molar-refractivity contribution < 1.29 is 17.9 Å². The van der Waals surface area contributed by atoms with E-state index in [1.165, 1.54) is 16.4 Å². The Morgan fingerprint density at radius 2 is 1.62 bits per heavy atom. The molecule has 0 spiro atoms. The van der Waals surface area contributed by atoms with Crippen LogP contribution in [0.4, 0.5) is 0 Å². The SMILES string of the molecule is CC(C)N(CCNC(=O)c1ccc(S(=O)(=O)N2C[C@@H](C)O[C@@H](C)C2)cc1)C(C)C. The highest BCUT2D eigenvalue weighted by atomic mass is 32.2. The predicted molar refractivity (Wildman–Crippen MR) is 115 cm³/mol. The highest BCUT2D eigenvalue weighted by molar-refractivity contribution is 7.89. The molecule has 1 aromatic rings. The summed E-state index contributed by atoms with van der Waals surface area (Å²) in [5.41, 5.74) is 0.452. The average Bonchev–Trinajstić information content (AvgIpc) is 2.63. The summed E-state index contributed by atoms with van der Waals surface area (Å²) >= 11 is 0. The van der Waals surface area contributed by atoms with Gasteiger partial charge in [0.1, 0.15) is 0 Å². The molecule has 0 radical (unpaired) electrons. The third kappa shape index (κ3) is 6.25. The molecule has 1 aliphatic rings. The molecule has 0 saturated carbocycles. The van der Waals surface area contributed by atoms with Crippen molar-refractivity contribution in [1.29, 1.82) is 0 Å². The van der Waals surface area contributed by atoms with Crippen LogP contribution >= 0.6 is 0 Å². The maximum Gasteiger partial charge on any atom is 0.251 e. The Kier molecular flexibility index (Phi) is 8.22. The van der Waals surface area contributed by atoms with E-state index in [0.717, 1.165) is 6.54 Å². The molecule has 1 heterocycles. The van der Waals surface area contributed by atoms with Crippen LogP contribution in [0.1, 0.15) is 51.9 Å². The first-order valence-electron chi connectivity index (χ1n) is 10.3. The van der Waals surface area contributed by atoms with Crippen molar-refractivity contribution in [2.24, 2.45) is 0 Å². The lowest BCUT2D eigenvalue weighted by Crippen LogP contribution is -2.48. The predicted octanol–water partition coefficient (Wildman–Crippen LogP) is 2.33. The molecule has 164 valence electrons. The van der Waals surface area contributed by atoms with E-state index in [1.54, 1.807) is 12.1 Å². The molecule has 1 saturated heterocycles. The second-order valence-electron chi connectivity index (χ2n) is 8.28. The van der Waals surface area contributed by atoms with E-state index in [2.05, 4.69) is 37.9 Å². The first-order chi connectivity index (χ1) is 13.5. The van der Waals surface area contributed by atoms with Crippen molar-refractivity contribution in [3.05, 3.63) is 29.8 Å². The van der Waals surface area contributed by atoms with E-state index < -0.39 is 10.0 Å². The zero-order valence-electron chi connectivity index (χ0n) is 18.4. The third-order valence-electron chi connectivity index (χ3n) is 5.12. The summed E-state index contributed by atoms with van der Waals surface area (Å²) in [4.78, 5) is 14.9. The number of amides is 1. The molecular weight excluding hydrogens is 390 g/mol. The Morgan fingerprint density at radius 1 is 1.10 bits per heavy atom. The van der Waals surface area contributed by atoms with Gasteiger partial charge in [-0.1, -0.05) is 0 Å². The average molecular weight is 426 g/mol. The highest BCUT2D eigenvalue weighted by Crippen LogP contribution is 2.21. The van der Waals surface area contributed by atoms with Crippen molar-refractivity contribution in [2.75, 3.05) is 26.2 Å². The number of nitrogens with zero attached hydrogens (tertiary/aromatic N) is 2. The van der Waals surface area contributed by atoms with E-state index in [1.807, 2.05) is 13.8 Å². The molecule has 1 N–H and O–H groups in total. The van der Waals surface area contributed by atoms with Crippen LogP contribution < -0.4 is 5.32 Å². The minimum atomic E-state index is -3.60. The monoisotopic (exact) mass is 425 g/mol. The summed E-state index contributed by atoms with van der Waals surface area (Å²) in [6.07, 6.45) is -0.287. The summed E-state index contributed by atoms with van der Waals surface area (Å²) in [7, 11) is -3.60. The van der Waals surface area contributed by atoms with Gasteiger partial charge in [0.15, 0.2) is 0 Å². The van der Waals surface area contributed by atoms with Gasteiger partial charge in [0.05, 0.1) is 17.1 Å². The number of hydrogen-bond donors (Lipinski definition) is 1. The van der Waals surface area contributed by atoms with Gasteiger partial charge in [-0.15, -0.1) is 0 Å². The number of benzene rings is 1. The zero-order valence-corrected chi connectivity index (χ0v) is 19.2. The van der Waals surface area contributed by atoms with Gasteiger partial charge in [-0.3, -0.25) is 9.69 Å². The van der Waals surface area contributed by atoms with Crippen molar-refractivity contribution in [3.8, 4) is 0 Å². The van der Waals surface area contributed by atoms with E-state index in [9.17, 15) is 13.2 Å². The fourth-order valence-corrected chi connectivity index (χ4v) is 5.36. The lowest BCUT2D eigenvalue weighted by atomic mass is 10.2. The van der Waals surface area contributed by atoms with Crippen molar-refractivity contribution in [3.63, 3.8) is 0 Å². The number of hydrogen-bond acceptors (Lipinski definition) is 5. The first-order valence-corrected chi connectivity index (χ1v) is 11.8. The van der Waals surface area contributed by atoms with Crippen LogP contribution in [0.25, 0.3) is 0 Å². The van der Waals surface area contributed by atoms with Crippen LogP contribution in [0.15, 0.2) is 29.2 Å². The summed E-state index contributed by atoms with van der Waals surface area (Å²) in [5, 5.41) is 2.92. The van der Waals surface area contributed by atoms with Crippen molar-refractivity contribution in [2.45, 2.75) is 70.7 Å². The van der Waals surface area contributed by atoms with Crippen molar-refractivity contribution >= 4 is 15.9 Å². The largest absolute Gasteiger partial charge is 0.373 e. The van der Waals surface area contributed by atoms with Crippen LogP contribution in [0.5, 0.6) is 0 Å². The topological polar surface area (TPSA) is 79.0 Å². The summed E-state index contributed by atoms with van der Waals surface area (Å²) in [5.74, 6) is -0.199. The summed E-state index contributed by atoms with van der Waals surface area (Å²) in [6, 6.07) is 6.95. The Hall–Kier alpha value is -1.48. The van der Waals surface area contributed by atoms with Gasteiger partial charge in [-0.05, 0) is 65.8 Å². The standard InChI is InChI=1S/C21H35N3O4S/c1-15(2)24(16(3)4)12-11-22-21(25)19-7-9-20(10-8-19)29(26,27)23-13-17(5)28-18(6)14-23/h7-10,15-18H,11-14H2,1-6H3,(H,22,25)/t17-,18+. The maximum absolute atomic E-state index is 12.9. The number of ether oxygens (including phenoxy) is 1. The van der Waals surface area contributed by atoms with Crippen LogP contribution in [0.3, 0.4) is 0 Å². The third-order valence-corrected chi connectivity index (χ3v) is 6.97. The number of sulfonamides is 1. The van der Waals surface area contributed by atoms with Gasteiger partial charge < -0.3 is 10.1 Å². The Morgan fingerprint density at radius 3 is 2.10 bits per heavy atom.